The molecule has 0 amide bonds. The van der Waals surface area contributed by atoms with Crippen molar-refractivity contribution in [3.63, 3.8) is 0 Å². The smallest absolute Gasteiger partial charge is 0.336 e. The molecule has 0 saturated heterocycles. The molecule has 0 fully saturated rings. The molecule has 0 radical (unpaired) electrons. The zero-order valence-corrected chi connectivity index (χ0v) is 23.1. The zero-order valence-electron chi connectivity index (χ0n) is 23.1. The molecule has 1 heterocycles. The van der Waals surface area contributed by atoms with Gasteiger partial charge in [-0.15, -0.1) is 0 Å². The van der Waals surface area contributed by atoms with Crippen LogP contribution in [0.1, 0.15) is 67.3 Å². The molecule has 0 aromatic heterocycles. The van der Waals surface area contributed by atoms with Crippen LogP contribution in [0.5, 0.6) is 11.5 Å². The van der Waals surface area contributed by atoms with Crippen molar-refractivity contribution in [1.29, 1.82) is 0 Å². The first-order valence-electron chi connectivity index (χ1n) is 12.7. The van der Waals surface area contributed by atoms with Crippen LogP contribution in [0.2, 0.25) is 0 Å². The Bertz CT molecular complexity index is 1310. The highest BCUT2D eigenvalue weighted by atomic mass is 16.5. The first-order valence-corrected chi connectivity index (χ1v) is 12.7. The number of esters is 1. The van der Waals surface area contributed by atoms with Crippen LogP contribution in [0.25, 0.3) is 0 Å². The lowest BCUT2D eigenvalue weighted by Gasteiger charge is -2.39. The van der Waals surface area contributed by atoms with Gasteiger partial charge in [-0.25, -0.2) is 4.79 Å². The third kappa shape index (κ3) is 5.15. The van der Waals surface area contributed by atoms with Crippen molar-refractivity contribution in [3.8, 4) is 11.5 Å². The number of Topliss-reactive ketones (excluding diaryl/α,β-unsaturated/α-hetero) is 1. The maximum absolute atomic E-state index is 13.4. The number of rotatable bonds is 6. The predicted molar refractivity (Wildman–Crippen MR) is 144 cm³/mol. The van der Waals surface area contributed by atoms with E-state index in [2.05, 4.69) is 52.1 Å². The molecule has 6 nitrogen and oxygen atoms in total. The molecule has 0 bridgehead atoms. The fourth-order valence-electron chi connectivity index (χ4n) is 5.72. The van der Waals surface area contributed by atoms with E-state index in [-0.39, 0.29) is 11.2 Å². The molecular weight excluding hydrogens is 466 g/mol. The van der Waals surface area contributed by atoms with E-state index in [4.69, 9.17) is 14.2 Å². The van der Waals surface area contributed by atoms with Crippen LogP contribution in [0.3, 0.4) is 0 Å². The fraction of sp³-hybridized carbons (Fsp3) is 0.419. The molecule has 6 heteroatoms. The van der Waals surface area contributed by atoms with E-state index >= 15 is 0 Å². The van der Waals surface area contributed by atoms with Crippen LogP contribution < -0.4 is 14.8 Å². The Balaban J connectivity index is 1.74. The van der Waals surface area contributed by atoms with E-state index < -0.39 is 11.9 Å². The van der Waals surface area contributed by atoms with Crippen molar-refractivity contribution < 1.29 is 23.8 Å². The predicted octanol–water partition coefficient (Wildman–Crippen LogP) is 5.98. The maximum Gasteiger partial charge on any atom is 0.336 e. The summed E-state index contributed by atoms with van der Waals surface area (Å²) in [6, 6.07) is 9.95. The minimum absolute atomic E-state index is 0.0438. The van der Waals surface area contributed by atoms with E-state index in [1.54, 1.807) is 7.11 Å². The molecule has 0 saturated carbocycles. The van der Waals surface area contributed by atoms with Crippen molar-refractivity contribution in [2.24, 2.45) is 5.41 Å². The number of methoxy groups -OCH3 is 2. The summed E-state index contributed by atoms with van der Waals surface area (Å²) < 4.78 is 17.1. The third-order valence-electron chi connectivity index (χ3n) is 7.38. The van der Waals surface area contributed by atoms with Crippen LogP contribution in [0.15, 0.2) is 52.9 Å². The second kappa shape index (κ2) is 10.1. The Kier molecular flexibility index (Phi) is 7.22. The van der Waals surface area contributed by atoms with Crippen molar-refractivity contribution >= 4 is 11.8 Å². The largest absolute Gasteiger partial charge is 0.493 e. The van der Waals surface area contributed by atoms with Crippen molar-refractivity contribution in [3.05, 3.63) is 80.7 Å². The average Bonchev–Trinajstić information content (AvgIpc) is 2.81. The van der Waals surface area contributed by atoms with Gasteiger partial charge in [0, 0.05) is 29.3 Å². The molecule has 1 N–H and O–H groups in total. The molecule has 2 aliphatic rings. The van der Waals surface area contributed by atoms with Crippen molar-refractivity contribution in [1.82, 2.24) is 5.32 Å². The Morgan fingerprint density at radius 2 is 1.68 bits per heavy atom. The van der Waals surface area contributed by atoms with Gasteiger partial charge in [0.25, 0.3) is 0 Å². The monoisotopic (exact) mass is 503 g/mol. The molecule has 1 aliphatic heterocycles. The molecule has 2 aromatic carbocycles. The lowest BCUT2D eigenvalue weighted by Crippen LogP contribution is -2.38. The summed E-state index contributed by atoms with van der Waals surface area (Å²) >= 11 is 0. The third-order valence-corrected chi connectivity index (χ3v) is 7.38. The Labute approximate surface area is 219 Å². The summed E-state index contributed by atoms with van der Waals surface area (Å²) in [5.41, 5.74) is 8.02. The molecule has 2 aromatic rings. The Hall–Kier alpha value is -3.54. The summed E-state index contributed by atoms with van der Waals surface area (Å²) in [6.07, 6.45) is 1.15. The highest BCUT2D eigenvalue weighted by Gasteiger charge is 2.43. The number of aryl methyl sites for hydroxylation is 3. The van der Waals surface area contributed by atoms with Gasteiger partial charge < -0.3 is 19.5 Å². The van der Waals surface area contributed by atoms with Gasteiger partial charge in [-0.3, -0.25) is 4.79 Å². The van der Waals surface area contributed by atoms with Crippen LogP contribution in [-0.2, 0) is 20.9 Å². The second-order valence-corrected chi connectivity index (χ2v) is 11.0. The number of ether oxygens (including phenoxy) is 3. The molecule has 1 atom stereocenters. The van der Waals surface area contributed by atoms with E-state index in [1.807, 2.05) is 25.1 Å². The minimum atomic E-state index is -0.545. The number of carbonyl (C=O) groups is 2. The average molecular weight is 504 g/mol. The van der Waals surface area contributed by atoms with Crippen LogP contribution in [-0.4, -0.2) is 26.0 Å². The zero-order chi connectivity index (χ0) is 27.1. The van der Waals surface area contributed by atoms with Crippen molar-refractivity contribution in [2.45, 2.75) is 66.9 Å². The van der Waals surface area contributed by atoms with Crippen LogP contribution in [0.4, 0.5) is 0 Å². The Morgan fingerprint density at radius 1 is 1.00 bits per heavy atom. The number of hydrogen-bond acceptors (Lipinski definition) is 6. The van der Waals surface area contributed by atoms with E-state index in [0.29, 0.717) is 41.4 Å². The summed E-state index contributed by atoms with van der Waals surface area (Å²) in [7, 11) is 2.96. The molecule has 37 heavy (non-hydrogen) atoms. The van der Waals surface area contributed by atoms with Crippen LogP contribution >= 0.6 is 0 Å². The first kappa shape index (κ1) is 26.5. The number of carbonyl (C=O) groups excluding carboxylic acids is 2. The summed E-state index contributed by atoms with van der Waals surface area (Å²) in [4.78, 5) is 26.4. The minimum Gasteiger partial charge on any atom is -0.493 e. The number of dihydropyridines is 1. The summed E-state index contributed by atoms with van der Waals surface area (Å²) in [5.74, 6) is 0.194. The molecule has 0 unspecified atom stereocenters. The Morgan fingerprint density at radius 3 is 2.30 bits per heavy atom. The molecule has 196 valence electrons. The number of ketones is 1. The van der Waals surface area contributed by atoms with Gasteiger partial charge in [-0.1, -0.05) is 37.6 Å². The molecule has 1 aliphatic carbocycles. The summed E-state index contributed by atoms with van der Waals surface area (Å²) in [5, 5.41) is 3.34. The van der Waals surface area contributed by atoms with Crippen LogP contribution in [0, 0.1) is 26.2 Å². The lowest BCUT2D eigenvalue weighted by molar-refractivity contribution is -0.136. The van der Waals surface area contributed by atoms with Gasteiger partial charge in [0.15, 0.2) is 17.3 Å². The number of benzene rings is 2. The van der Waals surface area contributed by atoms with Gasteiger partial charge >= 0.3 is 5.97 Å². The second-order valence-electron chi connectivity index (χ2n) is 11.0. The lowest BCUT2D eigenvalue weighted by atomic mass is 9.68. The van der Waals surface area contributed by atoms with E-state index in [9.17, 15) is 9.59 Å². The van der Waals surface area contributed by atoms with Gasteiger partial charge in [0.1, 0.15) is 6.61 Å². The number of allylic oxidation sites excluding steroid dienone is 3. The first-order chi connectivity index (χ1) is 17.5. The van der Waals surface area contributed by atoms with Gasteiger partial charge in [-0.2, -0.15) is 0 Å². The molecular formula is C31H37NO5. The summed E-state index contributed by atoms with van der Waals surface area (Å²) in [6.45, 7) is 12.7. The molecule has 4 rings (SSSR count). The fourth-order valence-corrected chi connectivity index (χ4v) is 5.72. The quantitative estimate of drug-likeness (QED) is 0.489. The highest BCUT2D eigenvalue weighted by molar-refractivity contribution is 6.04. The van der Waals surface area contributed by atoms with Gasteiger partial charge in [-0.05, 0) is 73.9 Å². The molecule has 0 spiro atoms. The van der Waals surface area contributed by atoms with Crippen molar-refractivity contribution in [2.75, 3.05) is 14.2 Å². The number of hydrogen-bond donors (Lipinski definition) is 1. The maximum atomic E-state index is 13.4. The topological polar surface area (TPSA) is 73.9 Å². The van der Waals surface area contributed by atoms with E-state index in [0.717, 1.165) is 23.2 Å². The highest BCUT2D eigenvalue weighted by Crippen LogP contribution is 2.48. The standard InChI is InChI=1S/C31H37NO5/c1-17-11-18(2)22(19(3)12-17)16-37-25-10-9-21(13-26(25)35-7)28-27(30(34)36-8)20(4)32-23-14-31(5,6)15-24(33)29(23)28/h9-13,28,32H,14-16H2,1-8H3/t28-/m0/s1. The van der Waals surface area contributed by atoms with E-state index in [1.165, 1.54) is 23.8 Å². The van der Waals surface area contributed by atoms with Gasteiger partial charge in [0.2, 0.25) is 0 Å². The normalized spacial score (nSPS) is 18.8. The number of nitrogens with one attached hydrogen (secondary N) is 1. The SMILES string of the molecule is COC(=O)C1=C(C)NC2=C(C(=O)CC(C)(C)C2)[C@H]1c1ccc(OCc2c(C)cc(C)cc2C)c(OC)c1. The van der Waals surface area contributed by atoms with Gasteiger partial charge in [0.05, 0.1) is 19.8 Å².